The van der Waals surface area contributed by atoms with Gasteiger partial charge >= 0.3 is 6.03 Å². The third-order valence-electron chi connectivity index (χ3n) is 6.65. The van der Waals surface area contributed by atoms with Crippen LogP contribution in [-0.2, 0) is 23.1 Å². The summed E-state index contributed by atoms with van der Waals surface area (Å²) in [6.45, 7) is 15.6. The molecule has 4 rings (SSSR count). The van der Waals surface area contributed by atoms with Gasteiger partial charge in [0.2, 0.25) is 0 Å². The van der Waals surface area contributed by atoms with Crippen LogP contribution in [0.3, 0.4) is 0 Å². The molecular weight excluding hydrogens is 362 g/mol. The Kier molecular flexibility index (Phi) is 5.41. The van der Waals surface area contributed by atoms with Gasteiger partial charge in [0.25, 0.3) is 0 Å². The molecule has 2 amide bonds. The van der Waals surface area contributed by atoms with Gasteiger partial charge in [-0.2, -0.15) is 0 Å². The summed E-state index contributed by atoms with van der Waals surface area (Å²) in [6.07, 6.45) is 3.36. The summed E-state index contributed by atoms with van der Waals surface area (Å²) >= 11 is 0. The number of hydrogen-bond donors (Lipinski definition) is 1. The standard InChI is InChI=1S/C24H37N3O2/c1-23(2,3)18-13-17-8-10-26(22(28)27-11-12-29-24(4,5)16-27)15-20(17)19(14-18)21-7-6-9-25-21/h13-14,21,25H,6-12,15-16H2,1-5H3/t21-/m0/s1. The Morgan fingerprint density at radius 3 is 2.66 bits per heavy atom. The minimum Gasteiger partial charge on any atom is -0.372 e. The Hall–Kier alpha value is -1.59. The summed E-state index contributed by atoms with van der Waals surface area (Å²) in [5.74, 6) is 0. The van der Waals surface area contributed by atoms with E-state index in [0.29, 0.717) is 25.7 Å². The van der Waals surface area contributed by atoms with Crippen molar-refractivity contribution in [1.82, 2.24) is 15.1 Å². The average molecular weight is 400 g/mol. The first-order valence-electron chi connectivity index (χ1n) is 11.2. The molecule has 0 saturated carbocycles. The number of carbonyl (C=O) groups is 1. The largest absolute Gasteiger partial charge is 0.372 e. The zero-order valence-corrected chi connectivity index (χ0v) is 18.8. The molecule has 0 spiro atoms. The van der Waals surface area contributed by atoms with Crippen molar-refractivity contribution in [3.8, 4) is 0 Å². The van der Waals surface area contributed by atoms with E-state index in [4.69, 9.17) is 4.74 Å². The topological polar surface area (TPSA) is 44.8 Å². The summed E-state index contributed by atoms with van der Waals surface area (Å²) in [5, 5.41) is 3.69. The third kappa shape index (κ3) is 4.31. The highest BCUT2D eigenvalue weighted by Gasteiger charge is 2.34. The highest BCUT2D eigenvalue weighted by molar-refractivity contribution is 5.75. The maximum atomic E-state index is 13.3. The molecular formula is C24H37N3O2. The van der Waals surface area contributed by atoms with Crippen LogP contribution in [0.1, 0.15) is 75.8 Å². The van der Waals surface area contributed by atoms with Gasteiger partial charge in [0, 0.05) is 25.7 Å². The second-order valence-electron chi connectivity index (χ2n) is 10.6. The Balaban J connectivity index is 1.62. The van der Waals surface area contributed by atoms with Gasteiger partial charge in [0.15, 0.2) is 0 Å². The molecule has 1 atom stereocenters. The van der Waals surface area contributed by atoms with Crippen molar-refractivity contribution in [3.63, 3.8) is 0 Å². The summed E-state index contributed by atoms with van der Waals surface area (Å²) in [4.78, 5) is 17.3. The number of nitrogens with zero attached hydrogens (tertiary/aromatic N) is 2. The molecule has 1 aromatic carbocycles. The molecule has 3 aliphatic heterocycles. The van der Waals surface area contributed by atoms with Crippen molar-refractivity contribution in [2.24, 2.45) is 0 Å². The van der Waals surface area contributed by atoms with Crippen LogP contribution in [0.2, 0.25) is 0 Å². The van der Waals surface area contributed by atoms with Gasteiger partial charge in [0.05, 0.1) is 18.8 Å². The molecule has 0 aliphatic carbocycles. The number of amides is 2. The molecule has 29 heavy (non-hydrogen) atoms. The summed E-state index contributed by atoms with van der Waals surface area (Å²) in [5.41, 5.74) is 5.52. The van der Waals surface area contributed by atoms with Gasteiger partial charge in [-0.25, -0.2) is 4.79 Å². The number of morpholine rings is 1. The van der Waals surface area contributed by atoms with Crippen LogP contribution in [-0.4, -0.2) is 54.2 Å². The summed E-state index contributed by atoms with van der Waals surface area (Å²) < 4.78 is 5.80. The molecule has 1 N–H and O–H groups in total. The van der Waals surface area contributed by atoms with E-state index in [1.54, 1.807) is 0 Å². The molecule has 0 aromatic heterocycles. The molecule has 2 saturated heterocycles. The highest BCUT2D eigenvalue weighted by atomic mass is 16.5. The fourth-order valence-electron chi connectivity index (χ4n) is 4.93. The summed E-state index contributed by atoms with van der Waals surface area (Å²) in [6, 6.07) is 5.39. The number of rotatable bonds is 1. The van der Waals surface area contributed by atoms with Crippen molar-refractivity contribution >= 4 is 6.03 Å². The number of urea groups is 1. The predicted molar refractivity (Wildman–Crippen MR) is 116 cm³/mol. The maximum Gasteiger partial charge on any atom is 0.320 e. The van der Waals surface area contributed by atoms with Crippen molar-refractivity contribution in [1.29, 1.82) is 0 Å². The Morgan fingerprint density at radius 1 is 1.21 bits per heavy atom. The normalized spacial score (nSPS) is 24.5. The van der Waals surface area contributed by atoms with Crippen LogP contribution < -0.4 is 5.32 Å². The highest BCUT2D eigenvalue weighted by Crippen LogP contribution is 2.36. The van der Waals surface area contributed by atoms with Crippen LogP contribution in [0.15, 0.2) is 12.1 Å². The number of fused-ring (bicyclic) bond motifs is 1. The first-order valence-corrected chi connectivity index (χ1v) is 11.2. The fourth-order valence-corrected chi connectivity index (χ4v) is 4.93. The number of benzene rings is 1. The Labute approximate surface area is 175 Å². The van der Waals surface area contributed by atoms with Crippen LogP contribution in [0.25, 0.3) is 0 Å². The van der Waals surface area contributed by atoms with Gasteiger partial charge < -0.3 is 19.9 Å². The average Bonchev–Trinajstić information content (AvgIpc) is 3.19. The van der Waals surface area contributed by atoms with E-state index >= 15 is 0 Å². The SMILES string of the molecule is CC1(C)CN(C(=O)N2CCc3cc(C(C)(C)C)cc([C@@H]4CCCN4)c3C2)CCO1. The van der Waals surface area contributed by atoms with Crippen LogP contribution in [0.4, 0.5) is 4.79 Å². The first-order chi connectivity index (χ1) is 13.6. The molecule has 0 unspecified atom stereocenters. The van der Waals surface area contributed by atoms with E-state index in [-0.39, 0.29) is 17.0 Å². The zero-order chi connectivity index (χ0) is 20.8. The van der Waals surface area contributed by atoms with Gasteiger partial charge in [-0.15, -0.1) is 0 Å². The lowest BCUT2D eigenvalue weighted by molar-refractivity contribution is -0.0767. The first kappa shape index (κ1) is 20.7. The Morgan fingerprint density at radius 2 is 2.00 bits per heavy atom. The molecule has 5 heteroatoms. The number of hydrogen-bond acceptors (Lipinski definition) is 3. The molecule has 160 valence electrons. The lowest BCUT2D eigenvalue weighted by Crippen LogP contribution is -2.55. The van der Waals surface area contributed by atoms with Crippen LogP contribution in [0.5, 0.6) is 0 Å². The van der Waals surface area contributed by atoms with Crippen LogP contribution in [0, 0.1) is 0 Å². The van der Waals surface area contributed by atoms with Gasteiger partial charge in [-0.1, -0.05) is 32.9 Å². The molecule has 3 heterocycles. The quantitative estimate of drug-likeness (QED) is 0.776. The van der Waals surface area contributed by atoms with Crippen molar-refractivity contribution in [3.05, 3.63) is 34.4 Å². The van der Waals surface area contributed by atoms with E-state index in [1.807, 2.05) is 4.90 Å². The van der Waals surface area contributed by atoms with Crippen LogP contribution >= 0.6 is 0 Å². The van der Waals surface area contributed by atoms with Gasteiger partial charge in [-0.05, 0) is 67.3 Å². The van der Waals surface area contributed by atoms with E-state index in [2.05, 4.69) is 57.0 Å². The van der Waals surface area contributed by atoms with Crippen molar-refractivity contribution < 1.29 is 9.53 Å². The van der Waals surface area contributed by atoms with E-state index in [1.165, 1.54) is 35.1 Å². The fraction of sp³-hybridized carbons (Fsp3) is 0.708. The zero-order valence-electron chi connectivity index (χ0n) is 18.8. The second kappa shape index (κ2) is 7.59. The van der Waals surface area contributed by atoms with Gasteiger partial charge in [-0.3, -0.25) is 0 Å². The van der Waals surface area contributed by atoms with Gasteiger partial charge in [0.1, 0.15) is 0 Å². The molecule has 3 aliphatic rings. The monoisotopic (exact) mass is 399 g/mol. The van der Waals surface area contributed by atoms with E-state index < -0.39 is 0 Å². The Bertz CT molecular complexity index is 775. The van der Waals surface area contributed by atoms with E-state index in [9.17, 15) is 4.79 Å². The lowest BCUT2D eigenvalue weighted by atomic mass is 9.80. The number of nitrogens with one attached hydrogen (secondary N) is 1. The number of carbonyl (C=O) groups excluding carboxylic acids is 1. The molecule has 0 radical (unpaired) electrons. The molecule has 5 nitrogen and oxygen atoms in total. The smallest absolute Gasteiger partial charge is 0.320 e. The minimum atomic E-state index is -0.262. The van der Waals surface area contributed by atoms with Crippen molar-refractivity contribution in [2.75, 3.05) is 32.8 Å². The number of ether oxygens (including phenoxy) is 1. The molecule has 1 aromatic rings. The minimum absolute atomic E-state index is 0.134. The van der Waals surface area contributed by atoms with Crippen molar-refractivity contribution in [2.45, 2.75) is 77.5 Å². The molecule has 2 fully saturated rings. The maximum absolute atomic E-state index is 13.3. The summed E-state index contributed by atoms with van der Waals surface area (Å²) in [7, 11) is 0. The molecule has 0 bridgehead atoms. The van der Waals surface area contributed by atoms with E-state index in [0.717, 1.165) is 26.1 Å². The predicted octanol–water partition coefficient (Wildman–Crippen LogP) is 4.00. The third-order valence-corrected chi connectivity index (χ3v) is 6.65. The second-order valence-corrected chi connectivity index (χ2v) is 10.6. The lowest BCUT2D eigenvalue weighted by Gasteiger charge is -2.42.